The zero-order chi connectivity index (χ0) is 23.6. The SMILES string of the molecule is CCCCNc1ncc(C(=N)c2ccc(F)cc2)c(NCC2CCC[C@@H](NC(C)O)CC2)n1.[HH].[HH]. The van der Waals surface area contributed by atoms with Gasteiger partial charge in [0.25, 0.3) is 0 Å². The van der Waals surface area contributed by atoms with Gasteiger partial charge < -0.3 is 15.7 Å². The molecule has 3 atom stereocenters. The topological polar surface area (TPSA) is 106 Å². The van der Waals surface area contributed by atoms with Crippen molar-refractivity contribution in [2.24, 2.45) is 5.92 Å². The van der Waals surface area contributed by atoms with Gasteiger partial charge in [0.1, 0.15) is 17.9 Å². The molecule has 8 heteroatoms. The molecule has 0 radical (unpaired) electrons. The first-order valence-electron chi connectivity index (χ1n) is 12.1. The van der Waals surface area contributed by atoms with E-state index in [0.717, 1.165) is 58.0 Å². The van der Waals surface area contributed by atoms with Gasteiger partial charge >= 0.3 is 0 Å². The molecule has 0 amide bonds. The third-order valence-electron chi connectivity index (χ3n) is 6.13. The van der Waals surface area contributed by atoms with Crippen molar-refractivity contribution < 1.29 is 12.4 Å². The Bertz CT molecular complexity index is 900. The molecule has 33 heavy (non-hydrogen) atoms. The van der Waals surface area contributed by atoms with Crippen LogP contribution in [0.4, 0.5) is 16.2 Å². The van der Waals surface area contributed by atoms with Crippen LogP contribution in [0.5, 0.6) is 0 Å². The quantitative estimate of drug-likeness (QED) is 0.139. The second-order valence-corrected chi connectivity index (χ2v) is 8.91. The Morgan fingerprint density at radius 3 is 2.73 bits per heavy atom. The van der Waals surface area contributed by atoms with E-state index in [2.05, 4.69) is 32.8 Å². The lowest BCUT2D eigenvalue weighted by atomic mass is 9.99. The van der Waals surface area contributed by atoms with E-state index in [9.17, 15) is 9.50 Å². The highest BCUT2D eigenvalue weighted by Gasteiger charge is 2.21. The minimum atomic E-state index is -0.482. The summed E-state index contributed by atoms with van der Waals surface area (Å²) in [6, 6.07) is 6.29. The molecule has 5 N–H and O–H groups in total. The first-order chi connectivity index (χ1) is 16.0. The number of hydrogen-bond donors (Lipinski definition) is 5. The molecule has 1 aromatic carbocycles. The summed E-state index contributed by atoms with van der Waals surface area (Å²) in [4.78, 5) is 9.09. The van der Waals surface area contributed by atoms with E-state index in [1.54, 1.807) is 25.3 Å². The smallest absolute Gasteiger partial charge is 0.224 e. The van der Waals surface area contributed by atoms with Crippen LogP contribution >= 0.6 is 0 Å². The molecule has 0 bridgehead atoms. The molecule has 0 aliphatic heterocycles. The van der Waals surface area contributed by atoms with Crippen molar-refractivity contribution in [1.29, 1.82) is 5.41 Å². The molecule has 1 fully saturated rings. The molecule has 0 saturated heterocycles. The van der Waals surface area contributed by atoms with Gasteiger partial charge in [0.2, 0.25) is 5.95 Å². The van der Waals surface area contributed by atoms with E-state index in [-0.39, 0.29) is 14.4 Å². The van der Waals surface area contributed by atoms with Crippen molar-refractivity contribution in [2.45, 2.75) is 71.1 Å². The van der Waals surface area contributed by atoms with Crippen molar-refractivity contribution in [3.05, 3.63) is 47.4 Å². The highest BCUT2D eigenvalue weighted by molar-refractivity contribution is 6.13. The van der Waals surface area contributed by atoms with Crippen molar-refractivity contribution >= 4 is 17.5 Å². The molecule has 184 valence electrons. The summed E-state index contributed by atoms with van der Waals surface area (Å²) in [5.74, 6) is 1.34. The largest absolute Gasteiger partial charge is 0.379 e. The maximum absolute atomic E-state index is 13.4. The van der Waals surface area contributed by atoms with Crippen LogP contribution in [-0.2, 0) is 0 Å². The number of aliphatic hydroxyl groups excluding tert-OH is 1. The maximum Gasteiger partial charge on any atom is 0.224 e. The zero-order valence-electron chi connectivity index (χ0n) is 19.7. The summed E-state index contributed by atoms with van der Waals surface area (Å²) >= 11 is 0. The van der Waals surface area contributed by atoms with Crippen LogP contribution in [-0.4, -0.2) is 46.1 Å². The standard InChI is InChI=1S/C25H37FN6O.2H2/c1-3-4-14-28-25-30-16-22(23(27)19-9-11-20(26)12-10-19)24(32-25)29-15-18-6-5-7-21(13-8-18)31-17(2)33;;/h9-12,16-18,21,27,31,33H,3-8,13-15H2,1-2H3,(H2,28,29,30,32);2*1H/t17?,18?,21-;;/m1../s1. The fourth-order valence-corrected chi connectivity index (χ4v) is 4.27. The number of halogens is 1. The summed E-state index contributed by atoms with van der Waals surface area (Å²) in [6.45, 7) is 5.46. The zero-order valence-corrected chi connectivity index (χ0v) is 19.7. The normalized spacial score (nSPS) is 19.5. The van der Waals surface area contributed by atoms with E-state index < -0.39 is 6.23 Å². The van der Waals surface area contributed by atoms with E-state index in [1.165, 1.54) is 12.1 Å². The summed E-state index contributed by atoms with van der Waals surface area (Å²) in [7, 11) is 0. The van der Waals surface area contributed by atoms with Crippen molar-refractivity contribution in [3.63, 3.8) is 0 Å². The number of unbranched alkanes of at least 4 members (excludes halogenated alkanes) is 1. The number of anilines is 2. The predicted molar refractivity (Wildman–Crippen MR) is 136 cm³/mol. The molecule has 2 aromatic rings. The van der Waals surface area contributed by atoms with Gasteiger partial charge in [-0.15, -0.1) is 0 Å². The Balaban J connectivity index is 0.00000306. The van der Waals surface area contributed by atoms with Crippen LogP contribution < -0.4 is 16.0 Å². The molecule has 1 aliphatic rings. The van der Waals surface area contributed by atoms with Gasteiger partial charge in [-0.1, -0.05) is 19.8 Å². The van der Waals surface area contributed by atoms with Gasteiger partial charge in [-0.3, -0.25) is 10.7 Å². The Hall–Kier alpha value is -2.58. The summed E-state index contributed by atoms with van der Waals surface area (Å²) < 4.78 is 13.4. The molecule has 1 aliphatic carbocycles. The molecule has 3 rings (SSSR count). The highest BCUT2D eigenvalue weighted by Crippen LogP contribution is 2.25. The van der Waals surface area contributed by atoms with Crippen LogP contribution in [0.3, 0.4) is 0 Å². The van der Waals surface area contributed by atoms with Gasteiger partial charge in [-0.25, -0.2) is 9.37 Å². The number of rotatable bonds is 11. The molecule has 1 heterocycles. The van der Waals surface area contributed by atoms with Gasteiger partial charge in [0.05, 0.1) is 11.3 Å². The summed E-state index contributed by atoms with van der Waals surface area (Å²) in [6.07, 6.45) is 8.69. The summed E-state index contributed by atoms with van der Waals surface area (Å²) in [5.41, 5.74) is 1.49. The fourth-order valence-electron chi connectivity index (χ4n) is 4.27. The highest BCUT2D eigenvalue weighted by atomic mass is 19.1. The average Bonchev–Trinajstić information content (AvgIpc) is 3.02. The molecule has 1 aromatic heterocycles. The van der Waals surface area contributed by atoms with Crippen molar-refractivity contribution in [3.8, 4) is 0 Å². The first kappa shape index (κ1) is 25.1. The number of aliphatic hydroxyl groups is 1. The van der Waals surface area contributed by atoms with Crippen LogP contribution in [0.15, 0.2) is 30.5 Å². The average molecular weight is 461 g/mol. The number of nitrogens with one attached hydrogen (secondary N) is 4. The van der Waals surface area contributed by atoms with Gasteiger partial charge in [0, 0.05) is 33.7 Å². The number of nitrogens with zero attached hydrogens (tertiary/aromatic N) is 2. The van der Waals surface area contributed by atoms with Crippen molar-refractivity contribution in [1.82, 2.24) is 15.3 Å². The predicted octanol–water partition coefficient (Wildman–Crippen LogP) is 5.02. The number of aromatic nitrogens is 2. The van der Waals surface area contributed by atoms with E-state index in [1.807, 2.05) is 0 Å². The second kappa shape index (κ2) is 12.6. The van der Waals surface area contributed by atoms with Crippen molar-refractivity contribution in [2.75, 3.05) is 23.7 Å². The van der Waals surface area contributed by atoms with Crippen LogP contribution in [0.25, 0.3) is 0 Å². The monoisotopic (exact) mass is 460 g/mol. The third-order valence-corrected chi connectivity index (χ3v) is 6.13. The van der Waals surface area contributed by atoms with Gasteiger partial charge in [-0.05, 0) is 69.2 Å². The number of benzene rings is 1. The molecular weight excluding hydrogens is 419 g/mol. The van der Waals surface area contributed by atoms with Gasteiger partial charge in [-0.2, -0.15) is 4.98 Å². The van der Waals surface area contributed by atoms with Crippen LogP contribution in [0.1, 0.15) is 72.8 Å². The summed E-state index contributed by atoms with van der Waals surface area (Å²) in [5, 5.41) is 28.3. The third kappa shape index (κ3) is 7.75. The molecular formula is C25H41FN6O. The van der Waals surface area contributed by atoms with Gasteiger partial charge in [0.15, 0.2) is 0 Å². The minimum Gasteiger partial charge on any atom is -0.379 e. The lowest BCUT2D eigenvalue weighted by Crippen LogP contribution is -2.35. The van der Waals surface area contributed by atoms with E-state index in [4.69, 9.17) is 5.41 Å². The lowest BCUT2D eigenvalue weighted by molar-refractivity contribution is 0.136. The van der Waals surface area contributed by atoms with E-state index in [0.29, 0.717) is 34.9 Å². The molecule has 7 nitrogen and oxygen atoms in total. The van der Waals surface area contributed by atoms with Crippen LogP contribution in [0, 0.1) is 17.1 Å². The first-order valence-corrected chi connectivity index (χ1v) is 12.1. The lowest BCUT2D eigenvalue weighted by Gasteiger charge is -2.20. The minimum absolute atomic E-state index is 0. The Kier molecular flexibility index (Phi) is 9.57. The fraction of sp³-hybridized carbons (Fsp3) is 0.560. The van der Waals surface area contributed by atoms with Crippen LogP contribution in [0.2, 0.25) is 0 Å². The molecule has 0 spiro atoms. The molecule has 1 saturated carbocycles. The molecule has 2 unspecified atom stereocenters. The Morgan fingerprint density at radius 1 is 1.21 bits per heavy atom. The second-order valence-electron chi connectivity index (χ2n) is 8.91. The van der Waals surface area contributed by atoms with E-state index >= 15 is 0 Å². The maximum atomic E-state index is 13.4. The number of hydrogen-bond acceptors (Lipinski definition) is 7. The Morgan fingerprint density at radius 2 is 2.00 bits per heavy atom. The Labute approximate surface area is 199 Å².